The smallest absolute Gasteiger partial charge is 0.219 e. The fourth-order valence-electron chi connectivity index (χ4n) is 0.841. The van der Waals surface area contributed by atoms with Crippen molar-refractivity contribution in [1.82, 2.24) is 4.90 Å². The number of nitrogens with two attached hydrogens (primary N) is 1. The van der Waals surface area contributed by atoms with Gasteiger partial charge >= 0.3 is 0 Å². The van der Waals surface area contributed by atoms with Gasteiger partial charge in [-0.2, -0.15) is 0 Å². The van der Waals surface area contributed by atoms with Crippen LogP contribution in [0.3, 0.4) is 0 Å². The molecule has 0 aliphatic heterocycles. The Morgan fingerprint density at radius 2 is 2.25 bits per heavy atom. The average Bonchev–Trinajstić information content (AvgIpc) is 2.00. The predicted molar refractivity (Wildman–Crippen MR) is 47.8 cm³/mol. The first-order valence-corrected chi connectivity index (χ1v) is 4.04. The van der Waals surface area contributed by atoms with Crippen LogP contribution in [-0.2, 0) is 9.53 Å². The Kier molecular flexibility index (Phi) is 5.66. The maximum Gasteiger partial charge on any atom is 0.219 e. The minimum Gasteiger partial charge on any atom is -0.385 e. The van der Waals surface area contributed by atoms with E-state index in [0.29, 0.717) is 13.2 Å². The third-order valence-corrected chi connectivity index (χ3v) is 1.74. The lowest BCUT2D eigenvalue weighted by molar-refractivity contribution is -0.127. The molecular formula is C8H18N2O2. The van der Waals surface area contributed by atoms with Gasteiger partial charge in [-0.3, -0.25) is 4.79 Å². The van der Waals surface area contributed by atoms with Crippen molar-refractivity contribution in [2.45, 2.75) is 19.4 Å². The Morgan fingerprint density at radius 3 is 2.67 bits per heavy atom. The predicted octanol–water partition coefficient (Wildman–Crippen LogP) is -0.171. The molecule has 1 unspecified atom stereocenters. The first-order valence-electron chi connectivity index (χ1n) is 4.04. The highest BCUT2D eigenvalue weighted by molar-refractivity contribution is 5.72. The summed E-state index contributed by atoms with van der Waals surface area (Å²) in [6.45, 7) is 2.77. The fraction of sp³-hybridized carbons (Fsp3) is 0.875. The molecule has 0 rings (SSSR count). The molecule has 4 heteroatoms. The number of methoxy groups -OCH3 is 1. The van der Waals surface area contributed by atoms with E-state index in [4.69, 9.17) is 10.5 Å². The number of hydrogen-bond donors (Lipinski definition) is 1. The van der Waals surface area contributed by atoms with Gasteiger partial charge in [-0.25, -0.2) is 0 Å². The molecule has 12 heavy (non-hydrogen) atoms. The summed E-state index contributed by atoms with van der Waals surface area (Å²) in [7, 11) is 3.39. The first kappa shape index (κ1) is 11.4. The van der Waals surface area contributed by atoms with Crippen molar-refractivity contribution in [3.8, 4) is 0 Å². The van der Waals surface area contributed by atoms with Crippen LogP contribution in [-0.4, -0.2) is 44.2 Å². The molecular weight excluding hydrogens is 156 g/mol. The van der Waals surface area contributed by atoms with Crippen LogP contribution in [0.1, 0.15) is 13.3 Å². The number of carbonyl (C=O) groups excluding carboxylic acids is 1. The van der Waals surface area contributed by atoms with Crippen molar-refractivity contribution in [3.63, 3.8) is 0 Å². The lowest BCUT2D eigenvalue weighted by Crippen LogP contribution is -2.38. The van der Waals surface area contributed by atoms with Crippen LogP contribution in [0.2, 0.25) is 0 Å². The van der Waals surface area contributed by atoms with Crippen molar-refractivity contribution in [2.24, 2.45) is 5.73 Å². The molecule has 1 amide bonds. The van der Waals surface area contributed by atoms with E-state index < -0.39 is 0 Å². The van der Waals surface area contributed by atoms with E-state index >= 15 is 0 Å². The summed E-state index contributed by atoms with van der Waals surface area (Å²) >= 11 is 0. The van der Waals surface area contributed by atoms with E-state index in [2.05, 4.69) is 0 Å². The normalized spacial score (nSPS) is 12.7. The largest absolute Gasteiger partial charge is 0.385 e. The van der Waals surface area contributed by atoms with Crippen molar-refractivity contribution < 1.29 is 9.53 Å². The molecule has 0 spiro atoms. The fourth-order valence-corrected chi connectivity index (χ4v) is 0.841. The molecule has 0 aliphatic rings. The highest BCUT2D eigenvalue weighted by atomic mass is 16.5. The second-order valence-electron chi connectivity index (χ2n) is 2.94. The molecule has 0 aromatic carbocycles. The van der Waals surface area contributed by atoms with Crippen molar-refractivity contribution in [1.29, 1.82) is 0 Å². The van der Waals surface area contributed by atoms with Crippen LogP contribution in [0.25, 0.3) is 0 Å². The molecule has 0 aromatic heterocycles. The molecule has 2 N–H and O–H groups in total. The van der Waals surface area contributed by atoms with Gasteiger partial charge in [0, 0.05) is 40.3 Å². The van der Waals surface area contributed by atoms with Crippen molar-refractivity contribution >= 4 is 5.91 Å². The highest BCUT2D eigenvalue weighted by Crippen LogP contribution is 1.92. The molecule has 0 saturated carbocycles. The van der Waals surface area contributed by atoms with Crippen molar-refractivity contribution in [3.05, 3.63) is 0 Å². The summed E-state index contributed by atoms with van der Waals surface area (Å²) in [6, 6.07) is 0.0128. The van der Waals surface area contributed by atoms with Gasteiger partial charge in [-0.1, -0.05) is 0 Å². The number of hydrogen-bond acceptors (Lipinski definition) is 3. The quantitative estimate of drug-likeness (QED) is 0.629. The summed E-state index contributed by atoms with van der Waals surface area (Å²) in [5.74, 6) is 0.0443. The molecule has 0 bridgehead atoms. The summed E-state index contributed by atoms with van der Waals surface area (Å²) in [5, 5.41) is 0. The lowest BCUT2D eigenvalue weighted by Gasteiger charge is -2.19. The zero-order valence-electron chi connectivity index (χ0n) is 8.04. The minimum atomic E-state index is 0.0128. The van der Waals surface area contributed by atoms with E-state index in [1.165, 1.54) is 6.92 Å². The van der Waals surface area contributed by atoms with E-state index in [1.807, 2.05) is 0 Å². The zero-order valence-corrected chi connectivity index (χ0v) is 8.04. The number of likely N-dealkylation sites (N-methyl/N-ethyl adjacent to an activating group) is 1. The van der Waals surface area contributed by atoms with Crippen LogP contribution in [0.4, 0.5) is 0 Å². The minimum absolute atomic E-state index is 0.0128. The molecule has 0 aliphatic carbocycles. The molecule has 4 nitrogen and oxygen atoms in total. The molecule has 0 saturated heterocycles. The average molecular weight is 174 g/mol. The van der Waals surface area contributed by atoms with Gasteiger partial charge in [0.15, 0.2) is 0 Å². The maximum atomic E-state index is 10.8. The number of ether oxygens (including phenoxy) is 1. The molecule has 0 fully saturated rings. The number of nitrogens with zero attached hydrogens (tertiary/aromatic N) is 1. The van der Waals surface area contributed by atoms with Crippen molar-refractivity contribution in [2.75, 3.05) is 27.3 Å². The second-order valence-corrected chi connectivity index (χ2v) is 2.94. The summed E-state index contributed by atoms with van der Waals surface area (Å²) in [4.78, 5) is 12.4. The molecule has 0 radical (unpaired) electrons. The van der Waals surface area contributed by atoms with Crippen LogP contribution in [0.15, 0.2) is 0 Å². The summed E-state index contributed by atoms with van der Waals surface area (Å²) < 4.78 is 4.87. The van der Waals surface area contributed by atoms with Gasteiger partial charge in [0.25, 0.3) is 0 Å². The lowest BCUT2D eigenvalue weighted by atomic mass is 10.2. The Morgan fingerprint density at radius 1 is 1.67 bits per heavy atom. The van der Waals surface area contributed by atoms with E-state index in [0.717, 1.165) is 6.42 Å². The Labute approximate surface area is 73.7 Å². The Balaban J connectivity index is 3.53. The van der Waals surface area contributed by atoms with Crippen LogP contribution in [0, 0.1) is 0 Å². The number of amides is 1. The van der Waals surface area contributed by atoms with Gasteiger partial charge in [0.05, 0.1) is 0 Å². The standard InChI is InChI=1S/C8H18N2O2/c1-7(11)10(2)6-8(9)4-5-12-3/h8H,4-6,9H2,1-3H3. The van der Waals surface area contributed by atoms with Crippen LogP contribution >= 0.6 is 0 Å². The number of rotatable bonds is 5. The van der Waals surface area contributed by atoms with Crippen LogP contribution < -0.4 is 5.73 Å². The molecule has 1 atom stereocenters. The van der Waals surface area contributed by atoms with Gasteiger partial charge < -0.3 is 15.4 Å². The van der Waals surface area contributed by atoms with Gasteiger partial charge in [0.2, 0.25) is 5.91 Å². The zero-order chi connectivity index (χ0) is 9.56. The van der Waals surface area contributed by atoms with Crippen LogP contribution in [0.5, 0.6) is 0 Å². The monoisotopic (exact) mass is 174 g/mol. The SMILES string of the molecule is COCCC(N)CN(C)C(C)=O. The summed E-state index contributed by atoms with van der Waals surface area (Å²) in [5.41, 5.74) is 5.72. The van der Waals surface area contributed by atoms with E-state index in [-0.39, 0.29) is 11.9 Å². The number of carbonyl (C=O) groups is 1. The molecule has 0 aromatic rings. The third-order valence-electron chi connectivity index (χ3n) is 1.74. The summed E-state index contributed by atoms with van der Waals surface area (Å²) in [6.07, 6.45) is 0.786. The van der Waals surface area contributed by atoms with Gasteiger partial charge in [0.1, 0.15) is 0 Å². The van der Waals surface area contributed by atoms with E-state index in [1.54, 1.807) is 19.1 Å². The maximum absolute atomic E-state index is 10.8. The van der Waals surface area contributed by atoms with Gasteiger partial charge in [-0.15, -0.1) is 0 Å². The van der Waals surface area contributed by atoms with Gasteiger partial charge in [-0.05, 0) is 6.42 Å². The highest BCUT2D eigenvalue weighted by Gasteiger charge is 2.07. The first-order chi connectivity index (χ1) is 5.57. The topological polar surface area (TPSA) is 55.6 Å². The van der Waals surface area contributed by atoms with E-state index in [9.17, 15) is 4.79 Å². The third kappa shape index (κ3) is 5.09. The second kappa shape index (κ2) is 5.97. The Bertz CT molecular complexity index is 139. The Hall–Kier alpha value is -0.610. The molecule has 0 heterocycles. The molecule has 72 valence electrons.